The maximum atomic E-state index is 11.9. The van der Waals surface area contributed by atoms with Gasteiger partial charge >= 0.3 is 5.51 Å². The number of phenols is 1. The molecule has 0 bridgehead atoms. The Morgan fingerprint density at radius 3 is 2.43 bits per heavy atom. The number of anilines is 1. The van der Waals surface area contributed by atoms with Crippen LogP contribution in [0.4, 0.5) is 18.9 Å². The zero-order chi connectivity index (χ0) is 10.8. The minimum atomic E-state index is -4.36. The van der Waals surface area contributed by atoms with Crippen LogP contribution in [0.3, 0.4) is 0 Å². The molecule has 0 radical (unpaired) electrons. The van der Waals surface area contributed by atoms with Crippen molar-refractivity contribution < 1.29 is 18.3 Å². The SMILES string of the molecule is NNc1ccc(SC(F)(F)F)cc1O. The molecule has 0 unspecified atom stereocenters. The van der Waals surface area contributed by atoms with Crippen LogP contribution in [-0.4, -0.2) is 10.6 Å². The lowest BCUT2D eigenvalue weighted by atomic mass is 10.3. The third-order valence-corrected chi connectivity index (χ3v) is 2.08. The van der Waals surface area contributed by atoms with E-state index in [1.807, 2.05) is 0 Å². The number of hydrogen-bond acceptors (Lipinski definition) is 4. The molecule has 0 spiro atoms. The van der Waals surface area contributed by atoms with Crippen LogP contribution in [0.5, 0.6) is 5.75 Å². The van der Waals surface area contributed by atoms with Crippen LogP contribution in [0.15, 0.2) is 23.1 Å². The molecule has 0 saturated heterocycles. The van der Waals surface area contributed by atoms with Gasteiger partial charge in [0, 0.05) is 4.90 Å². The summed E-state index contributed by atoms with van der Waals surface area (Å²) in [4.78, 5) is -0.0889. The number of nitrogens with one attached hydrogen (secondary N) is 1. The molecule has 0 amide bonds. The molecule has 78 valence electrons. The molecule has 7 heteroatoms. The van der Waals surface area contributed by atoms with E-state index < -0.39 is 5.51 Å². The first-order valence-electron chi connectivity index (χ1n) is 3.48. The fourth-order valence-corrected chi connectivity index (χ4v) is 1.40. The zero-order valence-corrected chi connectivity index (χ0v) is 7.62. The number of nitrogen functional groups attached to an aromatic ring is 1. The number of phenolic OH excluding ortho intramolecular Hbond substituents is 1. The Bertz CT molecular complexity index is 329. The molecule has 0 atom stereocenters. The van der Waals surface area contributed by atoms with Gasteiger partial charge in [0.05, 0.1) is 5.69 Å². The Hall–Kier alpha value is -1.08. The normalized spacial score (nSPS) is 11.4. The van der Waals surface area contributed by atoms with Gasteiger partial charge in [0.25, 0.3) is 0 Å². The lowest BCUT2D eigenvalue weighted by molar-refractivity contribution is -0.0328. The minimum absolute atomic E-state index is 0.0889. The van der Waals surface area contributed by atoms with Crippen LogP contribution in [-0.2, 0) is 0 Å². The van der Waals surface area contributed by atoms with Crippen LogP contribution < -0.4 is 11.3 Å². The van der Waals surface area contributed by atoms with E-state index in [0.717, 1.165) is 6.07 Å². The summed E-state index contributed by atoms with van der Waals surface area (Å²) in [5.74, 6) is 4.67. The van der Waals surface area contributed by atoms with Crippen molar-refractivity contribution in [2.45, 2.75) is 10.4 Å². The van der Waals surface area contributed by atoms with Crippen molar-refractivity contribution in [3.63, 3.8) is 0 Å². The van der Waals surface area contributed by atoms with Crippen molar-refractivity contribution in [1.82, 2.24) is 0 Å². The number of alkyl halides is 3. The smallest absolute Gasteiger partial charge is 0.446 e. The second-order valence-corrected chi connectivity index (χ2v) is 3.51. The third kappa shape index (κ3) is 3.00. The van der Waals surface area contributed by atoms with Crippen molar-refractivity contribution in [3.05, 3.63) is 18.2 Å². The van der Waals surface area contributed by atoms with Crippen LogP contribution in [0.2, 0.25) is 0 Å². The van der Waals surface area contributed by atoms with Gasteiger partial charge in [-0.05, 0) is 30.0 Å². The van der Waals surface area contributed by atoms with Crippen LogP contribution in [0, 0.1) is 0 Å². The van der Waals surface area contributed by atoms with E-state index in [1.165, 1.54) is 12.1 Å². The number of benzene rings is 1. The molecule has 0 heterocycles. The van der Waals surface area contributed by atoms with Crippen LogP contribution >= 0.6 is 11.8 Å². The Labute approximate surface area is 82.1 Å². The summed E-state index contributed by atoms with van der Waals surface area (Å²) in [7, 11) is 0. The van der Waals surface area contributed by atoms with E-state index in [1.54, 1.807) is 0 Å². The van der Waals surface area contributed by atoms with Gasteiger partial charge in [0.15, 0.2) is 0 Å². The maximum absolute atomic E-state index is 11.9. The number of hydrogen-bond donors (Lipinski definition) is 3. The summed E-state index contributed by atoms with van der Waals surface area (Å²) in [6.45, 7) is 0. The number of nitrogens with two attached hydrogens (primary N) is 1. The highest BCUT2D eigenvalue weighted by atomic mass is 32.2. The molecule has 0 aliphatic carbocycles. The minimum Gasteiger partial charge on any atom is -0.506 e. The molecule has 4 N–H and O–H groups in total. The second kappa shape index (κ2) is 3.97. The standard InChI is InChI=1S/C7H7F3N2OS/c8-7(9,10)14-4-1-2-5(12-11)6(13)3-4/h1-3,12-13H,11H2. The highest BCUT2D eigenvalue weighted by Crippen LogP contribution is 2.39. The lowest BCUT2D eigenvalue weighted by Crippen LogP contribution is -2.06. The van der Waals surface area contributed by atoms with Gasteiger partial charge in [-0.2, -0.15) is 13.2 Å². The molecule has 3 nitrogen and oxygen atoms in total. The first-order chi connectivity index (χ1) is 6.42. The van der Waals surface area contributed by atoms with E-state index >= 15 is 0 Å². The first-order valence-corrected chi connectivity index (χ1v) is 4.29. The van der Waals surface area contributed by atoms with E-state index in [4.69, 9.17) is 10.9 Å². The summed E-state index contributed by atoms with van der Waals surface area (Å²) in [5.41, 5.74) is -2.03. The van der Waals surface area contributed by atoms with Crippen LogP contribution in [0.25, 0.3) is 0 Å². The Kier molecular flexibility index (Phi) is 3.12. The predicted octanol–water partition coefficient (Wildman–Crippen LogP) is 2.29. The molecule has 1 rings (SSSR count). The molecular formula is C7H7F3N2OS. The Morgan fingerprint density at radius 2 is 2.00 bits per heavy atom. The molecule has 0 aromatic heterocycles. The Balaban J connectivity index is 2.87. The van der Waals surface area contributed by atoms with Gasteiger partial charge in [-0.25, -0.2) is 0 Å². The lowest BCUT2D eigenvalue weighted by Gasteiger charge is -2.07. The summed E-state index contributed by atoms with van der Waals surface area (Å²) >= 11 is -0.294. The monoisotopic (exact) mass is 224 g/mol. The fraction of sp³-hybridized carbons (Fsp3) is 0.143. The molecule has 1 aromatic carbocycles. The van der Waals surface area contributed by atoms with Gasteiger partial charge < -0.3 is 10.5 Å². The number of aromatic hydroxyl groups is 1. The van der Waals surface area contributed by atoms with Gasteiger partial charge in [0.2, 0.25) is 0 Å². The summed E-state index contributed by atoms with van der Waals surface area (Å²) < 4.78 is 35.7. The van der Waals surface area contributed by atoms with Crippen LogP contribution in [0.1, 0.15) is 0 Å². The predicted molar refractivity (Wildman–Crippen MR) is 47.8 cm³/mol. The summed E-state index contributed by atoms with van der Waals surface area (Å²) in [6.07, 6.45) is 0. The van der Waals surface area contributed by atoms with E-state index in [9.17, 15) is 13.2 Å². The Morgan fingerprint density at radius 1 is 1.36 bits per heavy atom. The summed E-state index contributed by atoms with van der Waals surface area (Å²) in [5, 5.41) is 9.17. The second-order valence-electron chi connectivity index (χ2n) is 2.37. The average Bonchev–Trinajstić information content (AvgIpc) is 2.01. The molecule has 0 aliphatic rings. The summed E-state index contributed by atoms with van der Waals surface area (Å²) in [6, 6.07) is 3.48. The van der Waals surface area contributed by atoms with Gasteiger partial charge in [-0.1, -0.05) is 0 Å². The number of rotatable bonds is 2. The molecule has 1 aromatic rings. The van der Waals surface area contributed by atoms with Crippen molar-refractivity contribution in [3.8, 4) is 5.75 Å². The first kappa shape index (κ1) is 11.0. The van der Waals surface area contributed by atoms with Gasteiger partial charge in [-0.15, -0.1) is 0 Å². The molecule has 0 saturated carbocycles. The molecule has 0 aliphatic heterocycles. The average molecular weight is 224 g/mol. The molecule has 0 fully saturated rings. The maximum Gasteiger partial charge on any atom is 0.446 e. The highest BCUT2D eigenvalue weighted by molar-refractivity contribution is 8.00. The molecular weight excluding hydrogens is 217 g/mol. The third-order valence-electron chi connectivity index (χ3n) is 1.36. The number of thioether (sulfide) groups is 1. The topological polar surface area (TPSA) is 58.3 Å². The fourth-order valence-electron chi connectivity index (χ4n) is 0.831. The van der Waals surface area contributed by atoms with E-state index in [2.05, 4.69) is 5.43 Å². The van der Waals surface area contributed by atoms with Gasteiger partial charge in [0.1, 0.15) is 5.75 Å². The van der Waals surface area contributed by atoms with Crippen molar-refractivity contribution in [2.24, 2.45) is 5.84 Å². The molecule has 14 heavy (non-hydrogen) atoms. The van der Waals surface area contributed by atoms with Crippen molar-refractivity contribution in [2.75, 3.05) is 5.43 Å². The zero-order valence-electron chi connectivity index (χ0n) is 6.80. The highest BCUT2D eigenvalue weighted by Gasteiger charge is 2.29. The van der Waals surface area contributed by atoms with Crippen molar-refractivity contribution in [1.29, 1.82) is 0 Å². The van der Waals surface area contributed by atoms with Crippen molar-refractivity contribution >= 4 is 17.4 Å². The largest absolute Gasteiger partial charge is 0.506 e. The number of halogens is 3. The van der Waals surface area contributed by atoms with E-state index in [-0.39, 0.29) is 28.1 Å². The number of hydrazine groups is 1. The quantitative estimate of drug-likeness (QED) is 0.312. The van der Waals surface area contributed by atoms with E-state index in [0.29, 0.717) is 0 Å². The van der Waals surface area contributed by atoms with Gasteiger partial charge in [-0.3, -0.25) is 5.84 Å².